The number of hydrogen-bond donors (Lipinski definition) is 2. The van der Waals surface area contributed by atoms with Crippen molar-refractivity contribution >= 4 is 49.9 Å². The van der Waals surface area contributed by atoms with Crippen LogP contribution < -0.4 is 19.9 Å². The van der Waals surface area contributed by atoms with Crippen LogP contribution in [0.4, 0.5) is 5.69 Å². The van der Waals surface area contributed by atoms with E-state index in [0.717, 1.165) is 13.4 Å². The molecule has 32 heavy (non-hydrogen) atoms. The van der Waals surface area contributed by atoms with Crippen molar-refractivity contribution in [1.29, 1.82) is 0 Å². The maximum Gasteiger partial charge on any atom is 0.264 e. The molecule has 0 aliphatic rings. The number of rotatable bonds is 9. The second-order valence-electron chi connectivity index (χ2n) is 6.66. The lowest BCUT2D eigenvalue weighted by molar-refractivity contribution is -0.120. The first-order valence-corrected chi connectivity index (χ1v) is 12.1. The number of methoxy groups -OCH3 is 1. The van der Waals surface area contributed by atoms with Crippen molar-refractivity contribution in [1.82, 2.24) is 10.9 Å². The van der Waals surface area contributed by atoms with Crippen LogP contribution in [0.1, 0.15) is 5.56 Å². The van der Waals surface area contributed by atoms with E-state index in [1.165, 1.54) is 19.2 Å². The van der Waals surface area contributed by atoms with Crippen LogP contribution in [0.2, 0.25) is 0 Å². The highest BCUT2D eigenvalue weighted by atomic mass is 127. The zero-order chi connectivity index (χ0) is 23.1. The Bertz CT molecular complexity index is 1200. The van der Waals surface area contributed by atoms with E-state index in [-0.39, 0.29) is 10.6 Å². The molecule has 166 valence electrons. The van der Waals surface area contributed by atoms with E-state index in [4.69, 9.17) is 4.74 Å². The maximum absolute atomic E-state index is 13.4. The number of benzene rings is 3. The van der Waals surface area contributed by atoms with Crippen LogP contribution in [0.5, 0.6) is 5.75 Å². The van der Waals surface area contributed by atoms with Crippen LogP contribution in [-0.4, -0.2) is 28.0 Å². The van der Waals surface area contributed by atoms with E-state index in [1.807, 2.05) is 24.3 Å². The molecule has 0 unspecified atom stereocenters. The monoisotopic (exact) mass is 563 g/mol. The molecule has 0 aromatic heterocycles. The minimum Gasteiger partial charge on any atom is -0.495 e. The molecule has 0 bridgehead atoms. The first-order valence-electron chi connectivity index (χ1n) is 9.53. The molecule has 0 spiro atoms. The van der Waals surface area contributed by atoms with Gasteiger partial charge in [0.2, 0.25) is 0 Å². The summed E-state index contributed by atoms with van der Waals surface area (Å²) in [5.41, 5.74) is 6.79. The number of carbonyl (C=O) groups is 1. The topological polar surface area (TPSA) is 87.7 Å². The molecule has 7 nitrogen and oxygen atoms in total. The molecule has 3 aromatic rings. The van der Waals surface area contributed by atoms with Crippen LogP contribution in [0.25, 0.3) is 5.70 Å². The maximum atomic E-state index is 13.4. The molecule has 0 radical (unpaired) electrons. The second kappa shape index (κ2) is 10.5. The number of nitrogens with one attached hydrogen (secondary N) is 2. The Hall–Kier alpha value is -3.05. The number of carbonyl (C=O) groups excluding carboxylic acids is 1. The first kappa shape index (κ1) is 23.6. The average molecular weight is 563 g/mol. The van der Waals surface area contributed by atoms with Gasteiger partial charge in [0.05, 0.1) is 23.4 Å². The van der Waals surface area contributed by atoms with Crippen molar-refractivity contribution in [3.05, 3.63) is 94.6 Å². The summed E-state index contributed by atoms with van der Waals surface area (Å²) in [5.74, 6) is -0.238. The minimum absolute atomic E-state index is 0.0648. The molecule has 0 saturated carbocycles. The molecule has 9 heteroatoms. The molecule has 3 rings (SSSR count). The summed E-state index contributed by atoms with van der Waals surface area (Å²) in [4.78, 5) is 12.8. The van der Waals surface area contributed by atoms with E-state index < -0.39 is 22.5 Å². The van der Waals surface area contributed by atoms with Crippen LogP contribution in [0, 0.1) is 3.57 Å². The Morgan fingerprint density at radius 3 is 2.25 bits per heavy atom. The zero-order valence-corrected chi connectivity index (χ0v) is 20.3. The van der Waals surface area contributed by atoms with Crippen molar-refractivity contribution in [2.24, 2.45) is 0 Å². The highest BCUT2D eigenvalue weighted by molar-refractivity contribution is 14.1. The fraction of sp³-hybridized carbons (Fsp3) is 0.0870. The van der Waals surface area contributed by atoms with Crippen LogP contribution >= 0.6 is 22.6 Å². The van der Waals surface area contributed by atoms with Gasteiger partial charge in [0.15, 0.2) is 0 Å². The van der Waals surface area contributed by atoms with Gasteiger partial charge in [-0.05, 0) is 64.6 Å². The van der Waals surface area contributed by atoms with Gasteiger partial charge in [-0.25, -0.2) is 8.42 Å². The third kappa shape index (κ3) is 5.60. The van der Waals surface area contributed by atoms with Gasteiger partial charge in [-0.3, -0.25) is 20.0 Å². The molecular formula is C23H22IN3O4S. The Kier molecular flexibility index (Phi) is 7.75. The number of anilines is 1. The van der Waals surface area contributed by atoms with Gasteiger partial charge in [0.1, 0.15) is 12.3 Å². The number of halogens is 1. The largest absolute Gasteiger partial charge is 0.495 e. The van der Waals surface area contributed by atoms with Crippen molar-refractivity contribution in [3.8, 4) is 5.75 Å². The molecule has 0 fully saturated rings. The zero-order valence-electron chi connectivity index (χ0n) is 17.3. The molecule has 0 atom stereocenters. The van der Waals surface area contributed by atoms with Crippen molar-refractivity contribution in [2.45, 2.75) is 4.90 Å². The Morgan fingerprint density at radius 1 is 0.969 bits per heavy atom. The van der Waals surface area contributed by atoms with Crippen molar-refractivity contribution in [3.63, 3.8) is 0 Å². The smallest absolute Gasteiger partial charge is 0.264 e. The van der Waals surface area contributed by atoms with Gasteiger partial charge in [0, 0.05) is 3.57 Å². The quantitative estimate of drug-likeness (QED) is 0.306. The Labute approximate surface area is 201 Å². The Morgan fingerprint density at radius 2 is 1.59 bits per heavy atom. The third-order valence-corrected chi connectivity index (χ3v) is 7.01. The highest BCUT2D eigenvalue weighted by Crippen LogP contribution is 2.32. The molecule has 0 aliphatic heterocycles. The van der Waals surface area contributed by atoms with E-state index in [9.17, 15) is 13.2 Å². The summed E-state index contributed by atoms with van der Waals surface area (Å²) >= 11 is 2.20. The number of para-hydroxylation sites is 2. The third-order valence-electron chi connectivity index (χ3n) is 4.52. The fourth-order valence-corrected chi connectivity index (χ4v) is 4.71. The normalized spacial score (nSPS) is 10.8. The van der Waals surface area contributed by atoms with Gasteiger partial charge in [-0.2, -0.15) is 0 Å². The fourth-order valence-electron chi connectivity index (χ4n) is 2.89. The predicted molar refractivity (Wildman–Crippen MR) is 133 cm³/mol. The first-order chi connectivity index (χ1) is 15.3. The second-order valence-corrected chi connectivity index (χ2v) is 9.76. The lowest BCUT2D eigenvalue weighted by atomic mass is 10.2. The van der Waals surface area contributed by atoms with E-state index >= 15 is 0 Å². The highest BCUT2D eigenvalue weighted by Gasteiger charge is 2.29. The molecule has 3 aromatic carbocycles. The predicted octanol–water partition coefficient (Wildman–Crippen LogP) is 3.79. The van der Waals surface area contributed by atoms with E-state index in [1.54, 1.807) is 42.5 Å². The summed E-state index contributed by atoms with van der Waals surface area (Å²) in [6.45, 7) is 3.44. The summed E-state index contributed by atoms with van der Waals surface area (Å²) < 4.78 is 34.2. The molecular weight excluding hydrogens is 541 g/mol. The Balaban J connectivity index is 1.83. The SMILES string of the molecule is C=C(NNC(=O)CN(c1ccccc1OC)S(=O)(=O)c1ccccc1)c1ccc(I)cc1. The van der Waals surface area contributed by atoms with Gasteiger partial charge in [0.25, 0.3) is 15.9 Å². The van der Waals surface area contributed by atoms with Crippen LogP contribution in [0.3, 0.4) is 0 Å². The lowest BCUT2D eigenvalue weighted by Gasteiger charge is -2.25. The van der Waals surface area contributed by atoms with E-state index in [0.29, 0.717) is 11.4 Å². The number of hydrazine groups is 1. The summed E-state index contributed by atoms with van der Waals surface area (Å²) in [6, 6.07) is 22.1. The van der Waals surface area contributed by atoms with Crippen molar-refractivity contribution < 1.29 is 17.9 Å². The van der Waals surface area contributed by atoms with Gasteiger partial charge in [-0.1, -0.05) is 49.0 Å². The minimum atomic E-state index is -4.04. The van der Waals surface area contributed by atoms with Gasteiger partial charge >= 0.3 is 0 Å². The van der Waals surface area contributed by atoms with Gasteiger partial charge < -0.3 is 4.74 Å². The van der Waals surface area contributed by atoms with E-state index in [2.05, 4.69) is 40.0 Å². The average Bonchev–Trinajstić information content (AvgIpc) is 2.82. The summed E-state index contributed by atoms with van der Waals surface area (Å²) in [6.07, 6.45) is 0. The molecule has 0 aliphatic carbocycles. The number of hydrogen-bond acceptors (Lipinski definition) is 5. The number of amides is 1. The summed E-state index contributed by atoms with van der Waals surface area (Å²) in [7, 11) is -2.59. The molecule has 1 amide bonds. The molecule has 0 heterocycles. The number of sulfonamides is 1. The van der Waals surface area contributed by atoms with Crippen molar-refractivity contribution in [2.75, 3.05) is 18.0 Å². The standard InChI is InChI=1S/C23H22IN3O4S/c1-17(18-12-14-19(24)15-13-18)25-26-23(28)16-27(21-10-6-7-11-22(21)31-2)32(29,30)20-8-4-3-5-9-20/h3-15,25H,1,16H2,2H3,(H,26,28). The van der Waals surface area contributed by atoms with Crippen LogP contribution in [-0.2, 0) is 14.8 Å². The molecule has 0 saturated heterocycles. The van der Waals surface area contributed by atoms with Crippen LogP contribution in [0.15, 0.2) is 90.3 Å². The summed E-state index contributed by atoms with van der Waals surface area (Å²) in [5, 5.41) is 0. The number of ether oxygens (including phenoxy) is 1. The molecule has 2 N–H and O–H groups in total. The van der Waals surface area contributed by atoms with Gasteiger partial charge in [-0.15, -0.1) is 0 Å². The lowest BCUT2D eigenvalue weighted by Crippen LogP contribution is -2.45. The number of nitrogens with zero attached hydrogens (tertiary/aromatic N) is 1.